The van der Waals surface area contributed by atoms with Gasteiger partial charge in [0.1, 0.15) is 6.07 Å². The summed E-state index contributed by atoms with van der Waals surface area (Å²) in [4.78, 5) is 10.4. The van der Waals surface area contributed by atoms with Crippen LogP contribution in [0, 0.1) is 11.3 Å². The van der Waals surface area contributed by atoms with Gasteiger partial charge in [-0.25, -0.2) is 0 Å². The van der Waals surface area contributed by atoms with Crippen LogP contribution < -0.4 is 0 Å². The van der Waals surface area contributed by atoms with Crippen LogP contribution >= 0.6 is 11.8 Å². The zero-order valence-electron chi connectivity index (χ0n) is 5.09. The summed E-state index contributed by atoms with van der Waals surface area (Å²) in [6.45, 7) is -0.139. The minimum absolute atomic E-state index is 0.139. The molecule has 50 valence electrons. The Morgan fingerprint density at radius 2 is 2.56 bits per heavy atom. The molecular formula is C5H7NO2S. The molecule has 0 radical (unpaired) electrons. The molecule has 0 aromatic rings. The fourth-order valence-corrected chi connectivity index (χ4v) is 0.591. The number of carbonyl (C=O) groups is 1. The highest BCUT2D eigenvalue weighted by Gasteiger charge is 1.97. The van der Waals surface area contributed by atoms with Gasteiger partial charge in [0, 0.05) is 0 Å². The quantitative estimate of drug-likeness (QED) is 0.540. The molecule has 0 heterocycles. The number of esters is 1. The Kier molecular flexibility index (Phi) is 5.03. The lowest BCUT2D eigenvalue weighted by atomic mass is 10.7. The summed E-state index contributed by atoms with van der Waals surface area (Å²) in [6.07, 6.45) is 1.80. The van der Waals surface area contributed by atoms with Crippen molar-refractivity contribution in [2.45, 2.75) is 0 Å². The van der Waals surface area contributed by atoms with Crippen molar-refractivity contribution >= 4 is 17.7 Å². The molecule has 0 amide bonds. The molecule has 0 aromatic heterocycles. The van der Waals surface area contributed by atoms with Gasteiger partial charge in [0.25, 0.3) is 0 Å². The topological polar surface area (TPSA) is 50.1 Å². The first-order valence-electron chi connectivity index (χ1n) is 2.32. The van der Waals surface area contributed by atoms with Gasteiger partial charge in [0.05, 0.1) is 5.75 Å². The fourth-order valence-electron chi connectivity index (χ4n) is 0.272. The van der Waals surface area contributed by atoms with E-state index in [1.807, 2.05) is 0 Å². The van der Waals surface area contributed by atoms with Crippen LogP contribution in [0.3, 0.4) is 0 Å². The average Bonchev–Trinajstić information content (AvgIpc) is 1.85. The third kappa shape index (κ3) is 5.18. The van der Waals surface area contributed by atoms with E-state index in [4.69, 9.17) is 5.26 Å². The van der Waals surface area contributed by atoms with Crippen LogP contribution in [0.4, 0.5) is 0 Å². The largest absolute Gasteiger partial charge is 0.450 e. The number of ether oxygens (including phenoxy) is 1. The first-order chi connectivity index (χ1) is 4.31. The molecule has 3 nitrogen and oxygen atoms in total. The molecule has 0 aliphatic heterocycles. The zero-order valence-corrected chi connectivity index (χ0v) is 5.90. The van der Waals surface area contributed by atoms with Crippen molar-refractivity contribution in [2.24, 2.45) is 0 Å². The van der Waals surface area contributed by atoms with Gasteiger partial charge >= 0.3 is 5.97 Å². The van der Waals surface area contributed by atoms with Crippen molar-refractivity contribution in [3.8, 4) is 6.07 Å². The van der Waals surface area contributed by atoms with Crippen molar-refractivity contribution in [3.63, 3.8) is 0 Å². The molecule has 9 heavy (non-hydrogen) atoms. The number of nitriles is 1. The molecule has 0 fully saturated rings. The number of thioether (sulfide) groups is 1. The van der Waals surface area contributed by atoms with E-state index >= 15 is 0 Å². The Morgan fingerprint density at radius 3 is 3.00 bits per heavy atom. The van der Waals surface area contributed by atoms with Crippen molar-refractivity contribution in [2.75, 3.05) is 18.6 Å². The van der Waals surface area contributed by atoms with E-state index in [-0.39, 0.29) is 12.6 Å². The Labute approximate surface area is 58.0 Å². The minimum Gasteiger partial charge on any atom is -0.450 e. The monoisotopic (exact) mass is 145 g/mol. The predicted octanol–water partition coefficient (Wildman–Crippen LogP) is 0.416. The first kappa shape index (κ1) is 8.31. The van der Waals surface area contributed by atoms with Crippen LogP contribution in [0.1, 0.15) is 0 Å². The smallest absolute Gasteiger partial charge is 0.316 e. The van der Waals surface area contributed by atoms with E-state index in [2.05, 4.69) is 4.74 Å². The second kappa shape index (κ2) is 5.45. The molecule has 0 aliphatic rings. The van der Waals surface area contributed by atoms with E-state index in [0.29, 0.717) is 5.75 Å². The lowest BCUT2D eigenvalue weighted by Crippen LogP contribution is -2.06. The molecule has 0 aliphatic carbocycles. The van der Waals surface area contributed by atoms with E-state index < -0.39 is 0 Å². The number of hydrogen-bond donors (Lipinski definition) is 0. The first-order valence-corrected chi connectivity index (χ1v) is 3.72. The maximum absolute atomic E-state index is 10.4. The van der Waals surface area contributed by atoms with Gasteiger partial charge in [0.2, 0.25) is 0 Å². The third-order valence-corrected chi connectivity index (χ3v) is 1.08. The Morgan fingerprint density at radius 1 is 1.89 bits per heavy atom. The lowest BCUT2D eigenvalue weighted by molar-refractivity contribution is -0.138. The van der Waals surface area contributed by atoms with Crippen molar-refractivity contribution < 1.29 is 9.53 Å². The molecule has 0 unspecified atom stereocenters. The predicted molar refractivity (Wildman–Crippen MR) is 35.0 cm³/mol. The molecule has 0 aromatic carbocycles. The summed E-state index contributed by atoms with van der Waals surface area (Å²) in [7, 11) is 0. The van der Waals surface area contributed by atoms with Crippen LogP contribution in [0.2, 0.25) is 0 Å². The van der Waals surface area contributed by atoms with E-state index in [1.54, 1.807) is 12.3 Å². The third-order valence-electron chi connectivity index (χ3n) is 0.560. The second-order valence-corrected chi connectivity index (χ2v) is 2.12. The highest BCUT2D eigenvalue weighted by Crippen LogP contribution is 1.91. The maximum atomic E-state index is 10.4. The Balaban J connectivity index is 3.19. The summed E-state index contributed by atoms with van der Waals surface area (Å²) in [5.74, 6) is -0.00847. The van der Waals surface area contributed by atoms with Crippen molar-refractivity contribution in [1.29, 1.82) is 5.26 Å². The Bertz CT molecular complexity index is 129. The van der Waals surface area contributed by atoms with Gasteiger partial charge in [-0.3, -0.25) is 4.79 Å². The number of hydrogen-bond acceptors (Lipinski definition) is 4. The fraction of sp³-hybridized carbons (Fsp3) is 0.600. The zero-order chi connectivity index (χ0) is 7.11. The summed E-state index contributed by atoms with van der Waals surface area (Å²) >= 11 is 1.38. The van der Waals surface area contributed by atoms with Crippen LogP contribution in [-0.2, 0) is 9.53 Å². The van der Waals surface area contributed by atoms with Gasteiger partial charge in [-0.1, -0.05) is 0 Å². The van der Waals surface area contributed by atoms with Crippen LogP contribution in [0.15, 0.2) is 0 Å². The van der Waals surface area contributed by atoms with E-state index in [0.717, 1.165) is 0 Å². The standard InChI is InChI=1S/C5H7NO2S/c1-9-4-5(7)8-3-2-6/h3-4H2,1H3. The molecule has 0 saturated heterocycles. The second-order valence-electron chi connectivity index (χ2n) is 1.25. The van der Waals surface area contributed by atoms with Crippen LogP contribution in [0.25, 0.3) is 0 Å². The molecule has 0 spiro atoms. The maximum Gasteiger partial charge on any atom is 0.316 e. The average molecular weight is 145 g/mol. The van der Waals surface area contributed by atoms with E-state index in [1.165, 1.54) is 11.8 Å². The van der Waals surface area contributed by atoms with Crippen molar-refractivity contribution in [1.82, 2.24) is 0 Å². The van der Waals surface area contributed by atoms with Gasteiger partial charge in [-0.15, -0.1) is 0 Å². The summed E-state index contributed by atoms with van der Waals surface area (Å²) < 4.78 is 4.41. The minimum atomic E-state index is -0.330. The van der Waals surface area contributed by atoms with Crippen molar-refractivity contribution in [3.05, 3.63) is 0 Å². The normalized spacial score (nSPS) is 8.00. The molecule has 0 atom stereocenters. The molecule has 0 bridgehead atoms. The van der Waals surface area contributed by atoms with Crippen LogP contribution in [0.5, 0.6) is 0 Å². The molecule has 4 heteroatoms. The van der Waals surface area contributed by atoms with Crippen LogP contribution in [-0.4, -0.2) is 24.6 Å². The number of rotatable bonds is 3. The summed E-state index contributed by atoms with van der Waals surface area (Å²) in [5, 5.41) is 7.95. The molecule has 0 N–H and O–H groups in total. The number of nitrogens with zero attached hydrogens (tertiary/aromatic N) is 1. The summed E-state index contributed by atoms with van der Waals surface area (Å²) in [6, 6.07) is 1.70. The van der Waals surface area contributed by atoms with Gasteiger partial charge in [-0.2, -0.15) is 17.0 Å². The van der Waals surface area contributed by atoms with Gasteiger partial charge < -0.3 is 4.74 Å². The number of carbonyl (C=O) groups excluding carboxylic acids is 1. The Hall–Kier alpha value is -0.690. The molecule has 0 rings (SSSR count). The highest BCUT2D eigenvalue weighted by molar-refractivity contribution is 7.99. The van der Waals surface area contributed by atoms with Gasteiger partial charge in [-0.05, 0) is 6.26 Å². The van der Waals surface area contributed by atoms with Gasteiger partial charge in [0.15, 0.2) is 6.61 Å². The lowest BCUT2D eigenvalue weighted by Gasteiger charge is -1.94. The molecule has 0 saturated carbocycles. The SMILES string of the molecule is CSCC(=O)OCC#N. The summed E-state index contributed by atoms with van der Waals surface area (Å²) in [5.41, 5.74) is 0. The van der Waals surface area contributed by atoms with E-state index in [9.17, 15) is 4.79 Å². The highest BCUT2D eigenvalue weighted by atomic mass is 32.2. The molecular weight excluding hydrogens is 138 g/mol.